The van der Waals surface area contributed by atoms with Gasteiger partial charge < -0.3 is 15.7 Å². The third-order valence-electron chi connectivity index (χ3n) is 4.14. The van der Waals surface area contributed by atoms with Gasteiger partial charge in [0.2, 0.25) is 5.91 Å². The first-order valence-corrected chi connectivity index (χ1v) is 6.80. The van der Waals surface area contributed by atoms with Gasteiger partial charge in [0.15, 0.2) is 0 Å². The lowest BCUT2D eigenvalue weighted by atomic mass is 9.75. The Morgan fingerprint density at radius 3 is 2.58 bits per heavy atom. The minimum Gasteiger partial charge on any atom is -0.392 e. The molecule has 0 spiro atoms. The largest absolute Gasteiger partial charge is 0.392 e. The number of benzene rings is 1. The van der Waals surface area contributed by atoms with E-state index in [2.05, 4.69) is 24.5 Å². The molecule has 1 aromatic carbocycles. The van der Waals surface area contributed by atoms with E-state index < -0.39 is 0 Å². The molecule has 0 aromatic heterocycles. The van der Waals surface area contributed by atoms with Gasteiger partial charge in [0.1, 0.15) is 0 Å². The fourth-order valence-corrected chi connectivity index (χ4v) is 2.61. The Kier molecular flexibility index (Phi) is 4.22. The Morgan fingerprint density at radius 1 is 1.42 bits per heavy atom. The number of aliphatic hydroxyl groups is 1. The third kappa shape index (κ3) is 2.80. The Hall–Kier alpha value is -1.39. The molecule has 0 radical (unpaired) electrons. The van der Waals surface area contributed by atoms with E-state index in [1.165, 1.54) is 0 Å². The zero-order valence-electron chi connectivity index (χ0n) is 11.6. The van der Waals surface area contributed by atoms with Crippen molar-refractivity contribution in [2.75, 3.05) is 18.4 Å². The van der Waals surface area contributed by atoms with Gasteiger partial charge in [-0.3, -0.25) is 4.79 Å². The fourth-order valence-electron chi connectivity index (χ4n) is 2.61. The minimum atomic E-state index is -0.310. The SMILES string of the molecule is CC(C)C1(C(=O)Nc2ccc(CO)cc2)CCNC1. The summed E-state index contributed by atoms with van der Waals surface area (Å²) >= 11 is 0. The van der Waals surface area contributed by atoms with Crippen LogP contribution in [0, 0.1) is 11.3 Å². The van der Waals surface area contributed by atoms with Crippen molar-refractivity contribution in [3.8, 4) is 0 Å². The fraction of sp³-hybridized carbons (Fsp3) is 0.533. The Labute approximate surface area is 114 Å². The molecule has 1 saturated heterocycles. The number of anilines is 1. The van der Waals surface area contributed by atoms with Crippen LogP contribution in [-0.2, 0) is 11.4 Å². The summed E-state index contributed by atoms with van der Waals surface area (Å²) in [6.45, 7) is 5.86. The lowest BCUT2D eigenvalue weighted by molar-refractivity contribution is -0.126. The quantitative estimate of drug-likeness (QED) is 0.774. The predicted octanol–water partition coefficient (Wildman–Crippen LogP) is 1.75. The summed E-state index contributed by atoms with van der Waals surface area (Å²) in [5, 5.41) is 15.3. The maximum Gasteiger partial charge on any atom is 0.232 e. The van der Waals surface area contributed by atoms with Crippen molar-refractivity contribution >= 4 is 11.6 Å². The summed E-state index contributed by atoms with van der Waals surface area (Å²) in [6.07, 6.45) is 0.880. The molecule has 2 rings (SSSR count). The number of rotatable bonds is 4. The standard InChI is InChI=1S/C15H22N2O2/c1-11(2)15(7-8-16-10-15)14(19)17-13-5-3-12(9-18)4-6-13/h3-6,11,16,18H,7-10H2,1-2H3,(H,17,19). The van der Waals surface area contributed by atoms with E-state index in [4.69, 9.17) is 5.11 Å². The first kappa shape index (κ1) is 14.0. The summed E-state index contributed by atoms with van der Waals surface area (Å²) < 4.78 is 0. The number of aliphatic hydroxyl groups excluding tert-OH is 1. The van der Waals surface area contributed by atoms with E-state index in [1.54, 1.807) is 0 Å². The van der Waals surface area contributed by atoms with Gasteiger partial charge in [-0.1, -0.05) is 26.0 Å². The molecule has 0 aliphatic carbocycles. The normalized spacial score (nSPS) is 22.7. The van der Waals surface area contributed by atoms with Crippen LogP contribution >= 0.6 is 0 Å². The molecule has 1 unspecified atom stereocenters. The van der Waals surface area contributed by atoms with E-state index in [1.807, 2.05) is 24.3 Å². The van der Waals surface area contributed by atoms with E-state index in [9.17, 15) is 4.79 Å². The van der Waals surface area contributed by atoms with Crippen molar-refractivity contribution in [1.82, 2.24) is 5.32 Å². The van der Waals surface area contributed by atoms with Crippen molar-refractivity contribution < 1.29 is 9.90 Å². The van der Waals surface area contributed by atoms with Crippen molar-refractivity contribution in [1.29, 1.82) is 0 Å². The van der Waals surface area contributed by atoms with E-state index in [-0.39, 0.29) is 17.9 Å². The number of carbonyl (C=O) groups excluding carboxylic acids is 1. The van der Waals surface area contributed by atoms with Gasteiger partial charge in [0.05, 0.1) is 12.0 Å². The van der Waals surface area contributed by atoms with Crippen molar-refractivity contribution in [2.45, 2.75) is 26.9 Å². The molecule has 19 heavy (non-hydrogen) atoms. The molecule has 0 saturated carbocycles. The molecular weight excluding hydrogens is 240 g/mol. The molecule has 4 heteroatoms. The zero-order chi connectivity index (χ0) is 13.9. The predicted molar refractivity (Wildman–Crippen MR) is 75.8 cm³/mol. The first-order valence-electron chi connectivity index (χ1n) is 6.80. The van der Waals surface area contributed by atoms with Gasteiger partial charge in [-0.2, -0.15) is 0 Å². The lowest BCUT2D eigenvalue weighted by Crippen LogP contribution is -2.42. The summed E-state index contributed by atoms with van der Waals surface area (Å²) in [4.78, 5) is 12.5. The van der Waals surface area contributed by atoms with Crippen molar-refractivity contribution in [2.24, 2.45) is 11.3 Å². The highest BCUT2D eigenvalue weighted by molar-refractivity contribution is 5.96. The Bertz CT molecular complexity index is 434. The molecule has 0 bridgehead atoms. The van der Waals surface area contributed by atoms with Crippen LogP contribution in [0.15, 0.2) is 24.3 Å². The van der Waals surface area contributed by atoms with E-state index in [0.717, 1.165) is 30.8 Å². The van der Waals surface area contributed by atoms with Crippen LogP contribution < -0.4 is 10.6 Å². The van der Waals surface area contributed by atoms with Crippen LogP contribution in [0.1, 0.15) is 25.8 Å². The highest BCUT2D eigenvalue weighted by Crippen LogP contribution is 2.35. The van der Waals surface area contributed by atoms with Gasteiger partial charge in [0, 0.05) is 12.2 Å². The van der Waals surface area contributed by atoms with Gasteiger partial charge in [-0.15, -0.1) is 0 Å². The molecule has 1 fully saturated rings. The smallest absolute Gasteiger partial charge is 0.232 e. The second-order valence-corrected chi connectivity index (χ2v) is 5.55. The third-order valence-corrected chi connectivity index (χ3v) is 4.14. The second kappa shape index (κ2) is 5.72. The van der Waals surface area contributed by atoms with Gasteiger partial charge in [-0.25, -0.2) is 0 Å². The molecule has 4 nitrogen and oxygen atoms in total. The van der Waals surface area contributed by atoms with E-state index in [0.29, 0.717) is 5.92 Å². The molecule has 1 amide bonds. The lowest BCUT2D eigenvalue weighted by Gasteiger charge is -2.31. The van der Waals surface area contributed by atoms with Crippen LogP contribution in [0.25, 0.3) is 0 Å². The van der Waals surface area contributed by atoms with Gasteiger partial charge >= 0.3 is 0 Å². The number of hydrogen-bond donors (Lipinski definition) is 3. The molecule has 1 aliphatic heterocycles. The van der Waals surface area contributed by atoms with Crippen LogP contribution in [0.3, 0.4) is 0 Å². The van der Waals surface area contributed by atoms with Crippen LogP contribution in [0.5, 0.6) is 0 Å². The summed E-state index contributed by atoms with van der Waals surface area (Å²) in [5.41, 5.74) is 1.32. The average molecular weight is 262 g/mol. The average Bonchev–Trinajstić information content (AvgIpc) is 2.90. The minimum absolute atomic E-state index is 0.0219. The van der Waals surface area contributed by atoms with Crippen LogP contribution in [-0.4, -0.2) is 24.1 Å². The topological polar surface area (TPSA) is 61.4 Å². The maximum absolute atomic E-state index is 12.5. The van der Waals surface area contributed by atoms with E-state index >= 15 is 0 Å². The highest BCUT2D eigenvalue weighted by atomic mass is 16.3. The monoisotopic (exact) mass is 262 g/mol. The highest BCUT2D eigenvalue weighted by Gasteiger charge is 2.43. The molecule has 1 aliphatic rings. The molecular formula is C15H22N2O2. The number of amides is 1. The maximum atomic E-state index is 12.5. The van der Waals surface area contributed by atoms with Crippen LogP contribution in [0.2, 0.25) is 0 Å². The Morgan fingerprint density at radius 2 is 2.11 bits per heavy atom. The second-order valence-electron chi connectivity index (χ2n) is 5.55. The summed E-state index contributed by atoms with van der Waals surface area (Å²) in [5.74, 6) is 0.392. The van der Waals surface area contributed by atoms with Crippen molar-refractivity contribution in [3.63, 3.8) is 0 Å². The summed E-state index contributed by atoms with van der Waals surface area (Å²) in [6, 6.07) is 7.31. The number of nitrogens with one attached hydrogen (secondary N) is 2. The van der Waals surface area contributed by atoms with Crippen LogP contribution in [0.4, 0.5) is 5.69 Å². The van der Waals surface area contributed by atoms with Crippen molar-refractivity contribution in [3.05, 3.63) is 29.8 Å². The summed E-state index contributed by atoms with van der Waals surface area (Å²) in [7, 11) is 0. The zero-order valence-corrected chi connectivity index (χ0v) is 11.6. The number of hydrogen-bond acceptors (Lipinski definition) is 3. The molecule has 1 atom stereocenters. The first-order chi connectivity index (χ1) is 9.08. The van der Waals surface area contributed by atoms with Gasteiger partial charge in [0.25, 0.3) is 0 Å². The molecule has 1 aromatic rings. The number of carbonyl (C=O) groups is 1. The Balaban J connectivity index is 2.10. The van der Waals surface area contributed by atoms with Gasteiger partial charge in [-0.05, 0) is 36.6 Å². The molecule has 3 N–H and O–H groups in total. The molecule has 1 heterocycles. The molecule has 104 valence electrons.